The highest BCUT2D eigenvalue weighted by atomic mass is 16.1. The van der Waals surface area contributed by atoms with Crippen LogP contribution in [0.2, 0.25) is 0 Å². The maximum absolute atomic E-state index is 10.9. The Balaban J connectivity index is 2.07. The lowest BCUT2D eigenvalue weighted by atomic mass is 9.78. The van der Waals surface area contributed by atoms with Gasteiger partial charge in [0.2, 0.25) is 0 Å². The molecule has 0 saturated heterocycles. The van der Waals surface area contributed by atoms with Gasteiger partial charge in [0.1, 0.15) is 5.78 Å². The van der Waals surface area contributed by atoms with E-state index in [0.29, 0.717) is 0 Å². The average Bonchev–Trinajstić information content (AvgIpc) is 2.07. The van der Waals surface area contributed by atoms with Crippen LogP contribution in [0.5, 0.6) is 0 Å². The van der Waals surface area contributed by atoms with Crippen LogP contribution >= 0.6 is 0 Å². The van der Waals surface area contributed by atoms with E-state index in [2.05, 4.69) is 6.92 Å². The van der Waals surface area contributed by atoms with Crippen molar-refractivity contribution >= 4 is 5.78 Å². The normalized spacial score (nSPS) is 21.4. The van der Waals surface area contributed by atoms with E-state index in [1.54, 1.807) is 6.92 Å². The molecule has 0 amide bonds. The van der Waals surface area contributed by atoms with E-state index >= 15 is 0 Å². The van der Waals surface area contributed by atoms with Crippen LogP contribution in [0.3, 0.4) is 0 Å². The van der Waals surface area contributed by atoms with Crippen LogP contribution in [0.1, 0.15) is 52.4 Å². The molecular weight excluding hydrogens is 174 g/mol. The van der Waals surface area contributed by atoms with E-state index in [4.69, 9.17) is 5.73 Å². The summed E-state index contributed by atoms with van der Waals surface area (Å²) < 4.78 is 0. The number of Topliss-reactive ketones (excluding diaryl/α,β-unsaturated/α-hetero) is 1. The molecule has 0 bridgehead atoms. The van der Waals surface area contributed by atoms with Gasteiger partial charge in [-0.1, -0.05) is 26.2 Å². The second-order valence-corrected chi connectivity index (χ2v) is 4.93. The number of carbonyl (C=O) groups is 1. The van der Waals surface area contributed by atoms with Crippen LogP contribution in [0.25, 0.3) is 0 Å². The van der Waals surface area contributed by atoms with Gasteiger partial charge in [0.15, 0.2) is 0 Å². The van der Waals surface area contributed by atoms with Crippen LogP contribution in [0.4, 0.5) is 0 Å². The highest BCUT2D eigenvalue weighted by molar-refractivity contribution is 5.80. The second-order valence-electron chi connectivity index (χ2n) is 4.93. The molecule has 0 aromatic heterocycles. The Morgan fingerprint density at radius 1 is 1.43 bits per heavy atom. The zero-order chi connectivity index (χ0) is 10.6. The number of ketones is 1. The van der Waals surface area contributed by atoms with Crippen molar-refractivity contribution < 1.29 is 4.79 Å². The molecule has 0 radical (unpaired) electrons. The molecule has 82 valence electrons. The molecule has 0 aliphatic heterocycles. The quantitative estimate of drug-likeness (QED) is 0.711. The van der Waals surface area contributed by atoms with E-state index in [0.717, 1.165) is 24.7 Å². The topological polar surface area (TPSA) is 43.1 Å². The number of hydrogen-bond donors (Lipinski definition) is 1. The number of nitrogens with two attached hydrogens (primary N) is 1. The minimum absolute atomic E-state index is 0.126. The van der Waals surface area contributed by atoms with E-state index in [-0.39, 0.29) is 11.8 Å². The molecule has 2 nitrogen and oxygen atoms in total. The molecule has 1 fully saturated rings. The van der Waals surface area contributed by atoms with Gasteiger partial charge in [-0.25, -0.2) is 0 Å². The Morgan fingerprint density at radius 3 is 2.50 bits per heavy atom. The van der Waals surface area contributed by atoms with Crippen LogP contribution in [-0.2, 0) is 4.79 Å². The minimum atomic E-state index is -0.223. The van der Waals surface area contributed by atoms with E-state index < -0.39 is 0 Å². The molecule has 0 unspecified atom stereocenters. The van der Waals surface area contributed by atoms with Gasteiger partial charge < -0.3 is 5.73 Å². The molecule has 1 rings (SSSR count). The fourth-order valence-corrected chi connectivity index (χ4v) is 2.08. The number of hydrogen-bond acceptors (Lipinski definition) is 2. The molecule has 2 heteroatoms. The Kier molecular flexibility index (Phi) is 4.59. The Bertz CT molecular complexity index is 187. The Morgan fingerprint density at radius 2 is 2.07 bits per heavy atom. The maximum atomic E-state index is 10.9. The van der Waals surface area contributed by atoms with Crippen molar-refractivity contribution in [3.63, 3.8) is 0 Å². The third-order valence-corrected chi connectivity index (χ3v) is 3.45. The lowest BCUT2D eigenvalue weighted by Crippen LogP contribution is -2.28. The van der Waals surface area contributed by atoms with Crippen LogP contribution in [0, 0.1) is 11.8 Å². The first-order valence-corrected chi connectivity index (χ1v) is 5.85. The van der Waals surface area contributed by atoms with Gasteiger partial charge in [0.05, 0.1) is 6.04 Å². The van der Waals surface area contributed by atoms with Crippen LogP contribution in [0.15, 0.2) is 0 Å². The van der Waals surface area contributed by atoms with Gasteiger partial charge in [-0.15, -0.1) is 0 Å². The van der Waals surface area contributed by atoms with Crippen LogP contribution < -0.4 is 5.73 Å². The maximum Gasteiger partial charge on any atom is 0.146 e. The monoisotopic (exact) mass is 197 g/mol. The fraction of sp³-hybridized carbons (Fsp3) is 0.917. The summed E-state index contributed by atoms with van der Waals surface area (Å²) in [7, 11) is 0. The zero-order valence-electron chi connectivity index (χ0n) is 9.46. The molecular formula is C12H23NO. The van der Waals surface area contributed by atoms with Gasteiger partial charge >= 0.3 is 0 Å². The average molecular weight is 197 g/mol. The summed E-state index contributed by atoms with van der Waals surface area (Å²) in [5.74, 6) is 1.84. The van der Waals surface area contributed by atoms with E-state index in [1.807, 2.05) is 0 Å². The number of rotatable bonds is 6. The van der Waals surface area contributed by atoms with Crippen LogP contribution in [-0.4, -0.2) is 11.8 Å². The van der Waals surface area contributed by atoms with Crippen molar-refractivity contribution in [2.45, 2.75) is 58.4 Å². The van der Waals surface area contributed by atoms with Gasteiger partial charge in [-0.3, -0.25) is 4.79 Å². The number of carbonyl (C=O) groups excluding carboxylic acids is 1. The smallest absolute Gasteiger partial charge is 0.146 e. The van der Waals surface area contributed by atoms with Crippen molar-refractivity contribution in [1.29, 1.82) is 0 Å². The zero-order valence-corrected chi connectivity index (χ0v) is 9.46. The first-order chi connectivity index (χ1) is 6.59. The molecule has 1 aliphatic rings. The molecule has 1 aliphatic carbocycles. The van der Waals surface area contributed by atoms with Crippen molar-refractivity contribution in [2.75, 3.05) is 0 Å². The summed E-state index contributed by atoms with van der Waals surface area (Å²) in [6.45, 7) is 3.87. The summed E-state index contributed by atoms with van der Waals surface area (Å²) in [5.41, 5.74) is 5.69. The summed E-state index contributed by atoms with van der Waals surface area (Å²) in [6.07, 6.45) is 7.57. The molecule has 1 saturated carbocycles. The minimum Gasteiger partial charge on any atom is -0.322 e. The van der Waals surface area contributed by atoms with E-state index in [1.165, 1.54) is 25.7 Å². The molecule has 0 aromatic rings. The van der Waals surface area contributed by atoms with Crippen molar-refractivity contribution in [1.82, 2.24) is 0 Å². The van der Waals surface area contributed by atoms with Gasteiger partial charge in [-0.05, 0) is 38.0 Å². The summed E-state index contributed by atoms with van der Waals surface area (Å²) in [6, 6.07) is -0.223. The molecule has 0 aromatic carbocycles. The predicted molar refractivity (Wildman–Crippen MR) is 59.0 cm³/mol. The van der Waals surface area contributed by atoms with E-state index in [9.17, 15) is 4.79 Å². The third-order valence-electron chi connectivity index (χ3n) is 3.45. The standard InChI is InChI=1S/C12H23NO/c1-9(8-11-4-3-5-11)6-7-12(13)10(2)14/h9,11-12H,3-8,13H2,1-2H3/t9-,12-/m0/s1. The van der Waals surface area contributed by atoms with Gasteiger partial charge in [0.25, 0.3) is 0 Å². The summed E-state index contributed by atoms with van der Waals surface area (Å²) in [5, 5.41) is 0. The lowest BCUT2D eigenvalue weighted by Gasteiger charge is -2.28. The Labute approximate surface area is 87.2 Å². The molecule has 2 atom stereocenters. The first kappa shape index (κ1) is 11.7. The molecule has 2 N–H and O–H groups in total. The second kappa shape index (κ2) is 5.50. The molecule has 0 heterocycles. The van der Waals surface area contributed by atoms with Crippen molar-refractivity contribution in [2.24, 2.45) is 17.6 Å². The largest absolute Gasteiger partial charge is 0.322 e. The fourth-order valence-electron chi connectivity index (χ4n) is 2.08. The molecule has 14 heavy (non-hydrogen) atoms. The van der Waals surface area contributed by atoms with Crippen molar-refractivity contribution in [3.8, 4) is 0 Å². The van der Waals surface area contributed by atoms with Gasteiger partial charge in [-0.2, -0.15) is 0 Å². The lowest BCUT2D eigenvalue weighted by molar-refractivity contribution is -0.118. The third kappa shape index (κ3) is 3.79. The SMILES string of the molecule is CC(=O)[C@@H](N)CC[C@H](C)CC1CCC1. The van der Waals surface area contributed by atoms with Gasteiger partial charge in [0, 0.05) is 0 Å². The highest BCUT2D eigenvalue weighted by Crippen LogP contribution is 2.33. The first-order valence-electron chi connectivity index (χ1n) is 5.85. The van der Waals surface area contributed by atoms with Crippen molar-refractivity contribution in [3.05, 3.63) is 0 Å². The molecule has 0 spiro atoms. The predicted octanol–water partition coefficient (Wildman–Crippen LogP) is 2.51. The summed E-state index contributed by atoms with van der Waals surface area (Å²) in [4.78, 5) is 10.9. The highest BCUT2D eigenvalue weighted by Gasteiger charge is 2.20. The summed E-state index contributed by atoms with van der Waals surface area (Å²) >= 11 is 0. The Hall–Kier alpha value is -0.370.